The molecule has 1 aliphatic heterocycles. The molecule has 0 radical (unpaired) electrons. The number of benzene rings is 5. The molecule has 4 saturated carbocycles. The van der Waals surface area contributed by atoms with Crippen LogP contribution in [0, 0.1) is 23.2 Å². The molecule has 4 bridgehead atoms. The number of rotatable bonds is 23. The van der Waals surface area contributed by atoms with E-state index in [2.05, 4.69) is 60.7 Å². The van der Waals surface area contributed by atoms with E-state index in [-0.39, 0.29) is 13.2 Å². The van der Waals surface area contributed by atoms with E-state index in [1.807, 2.05) is 108 Å². The predicted molar refractivity (Wildman–Crippen MR) is 262 cm³/mol. The van der Waals surface area contributed by atoms with Gasteiger partial charge in [0.15, 0.2) is 0 Å². The normalized spacial score (nSPS) is 26.5. The van der Waals surface area contributed by atoms with Crippen molar-refractivity contribution in [2.75, 3.05) is 19.8 Å². The lowest BCUT2D eigenvalue weighted by molar-refractivity contribution is -0.222. The third kappa shape index (κ3) is 12.9. The fourth-order valence-electron chi connectivity index (χ4n) is 11.9. The molecule has 1 saturated heterocycles. The van der Waals surface area contributed by atoms with Gasteiger partial charge in [0.1, 0.15) is 24.9 Å². The summed E-state index contributed by atoms with van der Waals surface area (Å²) in [6, 6.07) is 49.4. The van der Waals surface area contributed by atoms with Crippen molar-refractivity contribution >= 4 is 6.09 Å². The summed E-state index contributed by atoms with van der Waals surface area (Å²) in [6.07, 6.45) is 12.9. The number of nitrogens with zero attached hydrogens (tertiary/aromatic N) is 1. The van der Waals surface area contributed by atoms with E-state index in [1.54, 1.807) is 0 Å². The van der Waals surface area contributed by atoms with Crippen LogP contribution in [-0.2, 0) is 61.5 Å². The van der Waals surface area contributed by atoms with Gasteiger partial charge in [0.2, 0.25) is 0 Å². The summed E-state index contributed by atoms with van der Waals surface area (Å²) >= 11 is 0. The van der Waals surface area contributed by atoms with E-state index in [0.717, 1.165) is 71.6 Å². The second-order valence-electron chi connectivity index (χ2n) is 19.7. The summed E-state index contributed by atoms with van der Waals surface area (Å²) in [4.78, 5) is 16.9. The molecule has 1 amide bonds. The van der Waals surface area contributed by atoms with Crippen molar-refractivity contribution in [2.45, 2.75) is 121 Å². The van der Waals surface area contributed by atoms with Crippen molar-refractivity contribution in [2.24, 2.45) is 23.2 Å². The minimum absolute atomic E-state index is 0.124. The van der Waals surface area contributed by atoms with Crippen molar-refractivity contribution in [1.82, 2.24) is 4.90 Å². The third-order valence-corrected chi connectivity index (χ3v) is 14.6. The monoisotopic (exact) mass is 904 g/mol. The lowest BCUT2D eigenvalue weighted by Gasteiger charge is -2.56. The molecule has 5 aromatic carbocycles. The van der Waals surface area contributed by atoms with Crippen LogP contribution in [0.5, 0.6) is 0 Å². The lowest BCUT2D eigenvalue weighted by atomic mass is 9.50. The molecule has 8 heteroatoms. The van der Waals surface area contributed by atoms with Gasteiger partial charge in [-0.1, -0.05) is 164 Å². The Morgan fingerprint density at radius 3 is 1.43 bits per heavy atom. The first-order valence-electron chi connectivity index (χ1n) is 24.9. The summed E-state index contributed by atoms with van der Waals surface area (Å²) in [5, 5.41) is 0. The number of carbonyl (C=O) groups is 1. The highest BCUT2D eigenvalue weighted by Crippen LogP contribution is 2.60. The summed E-state index contributed by atoms with van der Waals surface area (Å²) in [7, 11) is 0. The average molecular weight is 904 g/mol. The van der Waals surface area contributed by atoms with Gasteiger partial charge < -0.3 is 28.4 Å². The van der Waals surface area contributed by atoms with Crippen LogP contribution >= 0.6 is 0 Å². The van der Waals surface area contributed by atoms with E-state index in [0.29, 0.717) is 38.3 Å². The summed E-state index contributed by atoms with van der Waals surface area (Å²) in [5.74, 6) is 2.78. The van der Waals surface area contributed by atoms with Crippen molar-refractivity contribution in [3.8, 4) is 0 Å². The molecule has 0 N–H and O–H groups in total. The molecule has 0 unspecified atom stereocenters. The van der Waals surface area contributed by atoms with E-state index >= 15 is 4.79 Å². The average Bonchev–Trinajstić information content (AvgIpc) is 3.36. The Kier molecular flexibility index (Phi) is 16.7. The van der Waals surface area contributed by atoms with Crippen LogP contribution in [0.2, 0.25) is 0 Å². The minimum Gasteiger partial charge on any atom is -0.445 e. The number of allylic oxidation sites excluding steroid dienone is 1. The molecule has 0 aromatic heterocycles. The Morgan fingerprint density at radius 2 is 0.940 bits per heavy atom. The maximum atomic E-state index is 15.0. The van der Waals surface area contributed by atoms with Crippen LogP contribution in [0.25, 0.3) is 0 Å². The number of unbranched alkanes of at least 4 members (excludes halogenated alkanes) is 1. The van der Waals surface area contributed by atoms with Crippen molar-refractivity contribution < 1.29 is 33.2 Å². The fourth-order valence-corrected chi connectivity index (χ4v) is 11.9. The molecule has 10 rings (SSSR count). The van der Waals surface area contributed by atoms with Gasteiger partial charge in [-0.3, -0.25) is 4.90 Å². The number of ether oxygens (including phenoxy) is 6. The van der Waals surface area contributed by atoms with Crippen LogP contribution in [-0.4, -0.2) is 61.2 Å². The van der Waals surface area contributed by atoms with Crippen LogP contribution in [0.15, 0.2) is 164 Å². The first-order chi connectivity index (χ1) is 33.1. The van der Waals surface area contributed by atoms with Crippen molar-refractivity contribution in [3.63, 3.8) is 0 Å². The number of amides is 1. The molecule has 8 nitrogen and oxygen atoms in total. The molecule has 67 heavy (non-hydrogen) atoms. The summed E-state index contributed by atoms with van der Waals surface area (Å²) < 4.78 is 40.6. The second-order valence-corrected chi connectivity index (χ2v) is 19.7. The molecule has 5 aliphatic rings. The third-order valence-electron chi connectivity index (χ3n) is 14.6. The number of hydrogen-bond donors (Lipinski definition) is 0. The highest BCUT2D eigenvalue weighted by atomic mass is 16.6. The molecule has 5 atom stereocenters. The van der Waals surface area contributed by atoms with Gasteiger partial charge in [-0.25, -0.2) is 4.79 Å². The number of piperidine rings is 1. The Labute approximate surface area is 398 Å². The smallest absolute Gasteiger partial charge is 0.410 e. The van der Waals surface area contributed by atoms with Crippen molar-refractivity contribution in [3.05, 3.63) is 192 Å². The first kappa shape index (κ1) is 47.0. The van der Waals surface area contributed by atoms with Gasteiger partial charge >= 0.3 is 6.09 Å². The maximum Gasteiger partial charge on any atom is 0.410 e. The van der Waals surface area contributed by atoms with E-state index < -0.39 is 36.5 Å². The summed E-state index contributed by atoms with van der Waals surface area (Å²) in [5.41, 5.74) is 5.45. The van der Waals surface area contributed by atoms with Gasteiger partial charge in [-0.05, 0) is 109 Å². The molecule has 352 valence electrons. The molecular formula is C59H69NO7. The molecule has 1 heterocycles. The fraction of sp³-hybridized carbons (Fsp3) is 0.441. The van der Waals surface area contributed by atoms with Crippen LogP contribution in [0.3, 0.4) is 0 Å². The van der Waals surface area contributed by atoms with E-state index in [9.17, 15) is 0 Å². The summed E-state index contributed by atoms with van der Waals surface area (Å²) in [6.45, 7) is 3.32. The number of hydrogen-bond acceptors (Lipinski definition) is 7. The largest absolute Gasteiger partial charge is 0.445 e. The Balaban J connectivity index is 1.00. The molecular weight excluding hydrogens is 835 g/mol. The number of carbonyl (C=O) groups excluding carboxylic acids is 1. The Hall–Kier alpha value is -5.09. The van der Waals surface area contributed by atoms with Gasteiger partial charge in [0.05, 0.1) is 51.7 Å². The predicted octanol–water partition coefficient (Wildman–Crippen LogP) is 12.3. The Bertz CT molecular complexity index is 2210. The SMILES string of the molecule is O=C(OCc1ccccc1)N1[C@H](C/C=C/CCCOCC23CC4CC(CC(C4)C2)C3)[C@H](OCc2ccccc2)[C@@H](OCc2ccccc2)[C@H](OCc2ccccc2)[C@@H]1COCc1ccccc1. The number of likely N-dealkylation sites (tertiary alicyclic amines) is 1. The standard InChI is InChI=1S/C59H69NO7/c61-58(67-42-49-28-16-7-17-29-49)60-53(30-18-1-2-19-31-62-44-59-35-50-32-51(36-59)34-52(33-50)37-59)55(64-39-46-22-10-4-11-23-46)57(66-41-48-26-14-6-15-27-48)56(65-40-47-24-12-5-13-25-47)54(60)43-63-38-45-20-8-3-9-21-45/h1,3-18,20-29,50-57H,2,19,30-44H2/b18-1+/t50?,51?,52?,53-,54+,55+,56-,57-,59?/m1/s1. The molecule has 0 spiro atoms. The van der Waals surface area contributed by atoms with Crippen molar-refractivity contribution in [1.29, 1.82) is 0 Å². The zero-order chi connectivity index (χ0) is 45.5. The highest BCUT2D eigenvalue weighted by molar-refractivity contribution is 5.69. The van der Waals surface area contributed by atoms with Crippen LogP contribution in [0.4, 0.5) is 4.79 Å². The first-order valence-corrected chi connectivity index (χ1v) is 24.9. The van der Waals surface area contributed by atoms with E-state index in [4.69, 9.17) is 28.4 Å². The Morgan fingerprint density at radius 1 is 0.507 bits per heavy atom. The van der Waals surface area contributed by atoms with Crippen LogP contribution < -0.4 is 0 Å². The van der Waals surface area contributed by atoms with Gasteiger partial charge in [-0.2, -0.15) is 0 Å². The highest BCUT2D eigenvalue weighted by Gasteiger charge is 2.54. The second kappa shape index (κ2) is 23.8. The van der Waals surface area contributed by atoms with E-state index in [1.165, 1.54) is 38.5 Å². The zero-order valence-corrected chi connectivity index (χ0v) is 39.0. The maximum absolute atomic E-state index is 15.0. The topological polar surface area (TPSA) is 75.7 Å². The van der Waals surface area contributed by atoms with Crippen LogP contribution in [0.1, 0.15) is 85.6 Å². The lowest BCUT2D eigenvalue weighted by Crippen LogP contribution is -2.70. The molecule has 5 aromatic rings. The minimum atomic E-state index is -0.656. The van der Waals surface area contributed by atoms with Gasteiger partial charge in [-0.15, -0.1) is 0 Å². The molecule has 4 aliphatic carbocycles. The van der Waals surface area contributed by atoms with Gasteiger partial charge in [0, 0.05) is 6.61 Å². The van der Waals surface area contributed by atoms with Gasteiger partial charge in [0.25, 0.3) is 0 Å². The molecule has 5 fully saturated rings. The quantitative estimate of drug-likeness (QED) is 0.0477. The zero-order valence-electron chi connectivity index (χ0n) is 39.0.